The summed E-state index contributed by atoms with van der Waals surface area (Å²) in [5, 5.41) is 2.67. The smallest absolute Gasteiger partial charge is 0.253 e. The van der Waals surface area contributed by atoms with Crippen LogP contribution in [0.1, 0.15) is 17.3 Å². The van der Waals surface area contributed by atoms with Gasteiger partial charge in [0.15, 0.2) is 0 Å². The Balaban J connectivity index is 2.92. The summed E-state index contributed by atoms with van der Waals surface area (Å²) in [6.07, 6.45) is 5.17. The average molecular weight is 284 g/mol. The van der Waals surface area contributed by atoms with Crippen molar-refractivity contribution in [3.63, 3.8) is 0 Å². The second-order valence-electron chi connectivity index (χ2n) is 3.03. The van der Waals surface area contributed by atoms with E-state index in [0.29, 0.717) is 5.56 Å². The van der Waals surface area contributed by atoms with Crippen LogP contribution in [0.3, 0.4) is 0 Å². The molecule has 0 radical (unpaired) electrons. The van der Waals surface area contributed by atoms with Gasteiger partial charge in [-0.2, -0.15) is 0 Å². The van der Waals surface area contributed by atoms with Gasteiger partial charge in [0, 0.05) is 9.37 Å². The maximum absolute atomic E-state index is 11.7. The molecule has 0 aliphatic rings. The maximum Gasteiger partial charge on any atom is 0.253 e. The lowest BCUT2D eigenvalue weighted by Crippen LogP contribution is -2.31. The first kappa shape index (κ1) is 12.2. The van der Waals surface area contributed by atoms with Crippen LogP contribution in [0.4, 0.5) is 0 Å². The van der Waals surface area contributed by atoms with Crippen molar-refractivity contribution < 1.29 is 4.79 Å². The number of carbonyl (C=O) groups excluding carboxylic acids is 1. The zero-order valence-electron chi connectivity index (χ0n) is 8.12. The van der Waals surface area contributed by atoms with Crippen molar-refractivity contribution in [2.45, 2.75) is 17.9 Å². The third-order valence-electron chi connectivity index (χ3n) is 1.79. The van der Waals surface area contributed by atoms with E-state index in [9.17, 15) is 4.79 Å². The molecule has 0 aromatic heterocycles. The highest BCUT2D eigenvalue weighted by Crippen LogP contribution is 2.20. The molecule has 0 saturated carbocycles. The van der Waals surface area contributed by atoms with E-state index < -0.39 is 0 Å². The van der Waals surface area contributed by atoms with Crippen molar-refractivity contribution in [3.05, 3.63) is 28.2 Å². The third kappa shape index (κ3) is 3.29. The number of nitrogens with one attached hydrogen (secondary N) is 1. The standard InChI is InChI=1S/C11H10BrNOS/c1-3-7(2)13-11(14)9-6-8(15)4-5-10(9)12/h1,4-7,15H,2H3,(H,13,14). The summed E-state index contributed by atoms with van der Waals surface area (Å²) < 4.78 is 0.724. The number of halogens is 1. The van der Waals surface area contributed by atoms with Gasteiger partial charge in [-0.15, -0.1) is 19.1 Å². The Morgan fingerprint density at radius 2 is 2.33 bits per heavy atom. The Kier molecular flexibility index (Phi) is 4.25. The van der Waals surface area contributed by atoms with E-state index in [-0.39, 0.29) is 11.9 Å². The second kappa shape index (κ2) is 5.24. The molecule has 1 atom stereocenters. The molecule has 0 aliphatic heterocycles. The van der Waals surface area contributed by atoms with Crippen LogP contribution >= 0.6 is 28.6 Å². The molecule has 1 aromatic carbocycles. The lowest BCUT2D eigenvalue weighted by molar-refractivity contribution is 0.0947. The van der Waals surface area contributed by atoms with Crippen molar-refractivity contribution in [1.29, 1.82) is 0 Å². The molecule has 1 unspecified atom stereocenters. The third-order valence-corrected chi connectivity index (χ3v) is 2.76. The highest BCUT2D eigenvalue weighted by Gasteiger charge is 2.11. The first-order valence-electron chi connectivity index (χ1n) is 4.30. The number of amides is 1. The largest absolute Gasteiger partial charge is 0.339 e. The van der Waals surface area contributed by atoms with E-state index in [2.05, 4.69) is 39.8 Å². The Hall–Kier alpha value is -0.920. The molecule has 1 amide bonds. The first-order chi connectivity index (χ1) is 7.04. The van der Waals surface area contributed by atoms with Crippen molar-refractivity contribution in [2.24, 2.45) is 0 Å². The molecule has 0 spiro atoms. The highest BCUT2D eigenvalue weighted by molar-refractivity contribution is 9.10. The van der Waals surface area contributed by atoms with Gasteiger partial charge >= 0.3 is 0 Å². The number of benzene rings is 1. The molecule has 4 heteroatoms. The van der Waals surface area contributed by atoms with Crippen LogP contribution in [0.5, 0.6) is 0 Å². The number of rotatable bonds is 2. The summed E-state index contributed by atoms with van der Waals surface area (Å²) in [5.74, 6) is 2.23. The van der Waals surface area contributed by atoms with Crippen LogP contribution < -0.4 is 5.32 Å². The van der Waals surface area contributed by atoms with Crippen LogP contribution in [-0.4, -0.2) is 11.9 Å². The fraction of sp³-hybridized carbons (Fsp3) is 0.182. The average Bonchev–Trinajstić information content (AvgIpc) is 2.21. The molecule has 78 valence electrons. The Morgan fingerprint density at radius 3 is 2.93 bits per heavy atom. The van der Waals surface area contributed by atoms with Gasteiger partial charge < -0.3 is 5.32 Å². The van der Waals surface area contributed by atoms with Gasteiger partial charge in [0.25, 0.3) is 5.91 Å². The molecule has 0 aliphatic carbocycles. The van der Waals surface area contributed by atoms with Crippen molar-refractivity contribution in [1.82, 2.24) is 5.32 Å². The molecular weight excluding hydrogens is 274 g/mol. The van der Waals surface area contributed by atoms with Gasteiger partial charge in [-0.05, 0) is 41.1 Å². The van der Waals surface area contributed by atoms with Crippen LogP contribution in [0.25, 0.3) is 0 Å². The van der Waals surface area contributed by atoms with Crippen molar-refractivity contribution >= 4 is 34.5 Å². The van der Waals surface area contributed by atoms with Gasteiger partial charge in [-0.1, -0.05) is 5.92 Å². The quantitative estimate of drug-likeness (QED) is 0.634. The Morgan fingerprint density at radius 1 is 1.67 bits per heavy atom. The first-order valence-corrected chi connectivity index (χ1v) is 5.54. The van der Waals surface area contributed by atoms with Gasteiger partial charge in [-0.3, -0.25) is 4.79 Å². The van der Waals surface area contributed by atoms with Gasteiger partial charge in [0.2, 0.25) is 0 Å². The Bertz CT molecular complexity index is 425. The number of hydrogen-bond acceptors (Lipinski definition) is 2. The number of terminal acetylenes is 1. The van der Waals surface area contributed by atoms with Crippen LogP contribution in [-0.2, 0) is 0 Å². The summed E-state index contributed by atoms with van der Waals surface area (Å²) in [7, 11) is 0. The van der Waals surface area contributed by atoms with Gasteiger partial charge in [-0.25, -0.2) is 0 Å². The Labute approximate surface area is 103 Å². The maximum atomic E-state index is 11.7. The van der Waals surface area contributed by atoms with E-state index >= 15 is 0 Å². The summed E-state index contributed by atoms with van der Waals surface area (Å²) in [6.45, 7) is 1.75. The molecule has 0 fully saturated rings. The lowest BCUT2D eigenvalue weighted by Gasteiger charge is -2.09. The summed E-state index contributed by atoms with van der Waals surface area (Å²) >= 11 is 7.46. The minimum absolute atomic E-state index is 0.205. The monoisotopic (exact) mass is 283 g/mol. The minimum atomic E-state index is -0.284. The second-order valence-corrected chi connectivity index (χ2v) is 4.40. The molecule has 0 bridgehead atoms. The molecule has 0 heterocycles. The molecule has 1 aromatic rings. The topological polar surface area (TPSA) is 29.1 Å². The van der Waals surface area contributed by atoms with Crippen LogP contribution in [0.15, 0.2) is 27.6 Å². The molecule has 0 saturated heterocycles. The fourth-order valence-corrected chi connectivity index (χ4v) is 1.63. The lowest BCUT2D eigenvalue weighted by atomic mass is 10.2. The van der Waals surface area contributed by atoms with Crippen molar-refractivity contribution in [3.8, 4) is 12.3 Å². The predicted molar refractivity (Wildman–Crippen MR) is 67.2 cm³/mol. The summed E-state index contributed by atoms with van der Waals surface area (Å²) in [4.78, 5) is 12.4. The number of hydrogen-bond donors (Lipinski definition) is 2. The molecule has 15 heavy (non-hydrogen) atoms. The van der Waals surface area contributed by atoms with E-state index in [4.69, 9.17) is 6.42 Å². The number of carbonyl (C=O) groups is 1. The van der Waals surface area contributed by atoms with E-state index in [1.807, 2.05) is 0 Å². The SMILES string of the molecule is C#CC(C)NC(=O)c1cc(S)ccc1Br. The molecule has 1 rings (SSSR count). The van der Waals surface area contributed by atoms with Crippen LogP contribution in [0.2, 0.25) is 0 Å². The normalized spacial score (nSPS) is 11.6. The zero-order chi connectivity index (χ0) is 11.4. The van der Waals surface area contributed by atoms with E-state index in [1.165, 1.54) is 0 Å². The van der Waals surface area contributed by atoms with Gasteiger partial charge in [0.05, 0.1) is 11.6 Å². The van der Waals surface area contributed by atoms with E-state index in [0.717, 1.165) is 9.37 Å². The van der Waals surface area contributed by atoms with Gasteiger partial charge in [0.1, 0.15) is 0 Å². The fourth-order valence-electron chi connectivity index (χ4n) is 1.00. The zero-order valence-corrected chi connectivity index (χ0v) is 10.6. The van der Waals surface area contributed by atoms with E-state index in [1.54, 1.807) is 25.1 Å². The summed E-state index contributed by atoms with van der Waals surface area (Å²) in [6, 6.07) is 4.98. The molecular formula is C11H10BrNOS. The summed E-state index contributed by atoms with van der Waals surface area (Å²) in [5.41, 5.74) is 0.532. The molecule has 2 nitrogen and oxygen atoms in total. The van der Waals surface area contributed by atoms with Crippen molar-refractivity contribution in [2.75, 3.05) is 0 Å². The molecule has 1 N–H and O–H groups in total. The number of thiol groups is 1. The minimum Gasteiger partial charge on any atom is -0.339 e. The van der Waals surface area contributed by atoms with Crippen LogP contribution in [0, 0.1) is 12.3 Å². The highest BCUT2D eigenvalue weighted by atomic mass is 79.9. The predicted octanol–water partition coefficient (Wildman–Crippen LogP) is 2.49.